The maximum atomic E-state index is 13.0. The molecule has 1 aromatic carbocycles. The highest BCUT2D eigenvalue weighted by Crippen LogP contribution is 2.37. The number of benzene rings is 1. The van der Waals surface area contributed by atoms with Crippen molar-refractivity contribution >= 4 is 17.7 Å². The molecule has 0 unspecified atom stereocenters. The van der Waals surface area contributed by atoms with Gasteiger partial charge >= 0.3 is 6.18 Å². The van der Waals surface area contributed by atoms with Gasteiger partial charge in [0.15, 0.2) is 5.54 Å². The van der Waals surface area contributed by atoms with Crippen molar-refractivity contribution in [3.8, 4) is 6.07 Å². The lowest BCUT2D eigenvalue weighted by molar-refractivity contribution is -0.137. The number of hydrogen-bond donors (Lipinski definition) is 0. The highest BCUT2D eigenvalue weighted by Gasteiger charge is 2.42. The van der Waals surface area contributed by atoms with Gasteiger partial charge in [0.1, 0.15) is 0 Å². The average molecular weight is 408 g/mol. The number of pyridine rings is 1. The Morgan fingerprint density at radius 3 is 2.43 bits per heavy atom. The molecule has 1 saturated heterocycles. The van der Waals surface area contributed by atoms with Gasteiger partial charge in [-0.2, -0.15) is 18.4 Å². The van der Waals surface area contributed by atoms with Crippen LogP contribution < -0.4 is 0 Å². The van der Waals surface area contributed by atoms with Crippen LogP contribution >= 0.6 is 11.6 Å². The molecule has 3 rings (SSSR count). The molecule has 0 spiro atoms. The third kappa shape index (κ3) is 4.20. The van der Waals surface area contributed by atoms with Crippen molar-refractivity contribution in [3.63, 3.8) is 0 Å². The molecule has 2 heterocycles. The van der Waals surface area contributed by atoms with Gasteiger partial charge < -0.3 is 4.74 Å². The van der Waals surface area contributed by atoms with E-state index in [4.69, 9.17) is 16.3 Å². The van der Waals surface area contributed by atoms with Crippen LogP contribution in [0.5, 0.6) is 0 Å². The molecular weight excluding hydrogens is 391 g/mol. The van der Waals surface area contributed by atoms with E-state index in [1.54, 1.807) is 12.2 Å². The molecule has 1 aliphatic heterocycles. The van der Waals surface area contributed by atoms with Crippen LogP contribution in [0.3, 0.4) is 0 Å². The van der Waals surface area contributed by atoms with E-state index in [1.165, 1.54) is 0 Å². The quantitative estimate of drug-likeness (QED) is 0.747. The largest absolute Gasteiger partial charge is 0.417 e. The van der Waals surface area contributed by atoms with Crippen molar-refractivity contribution in [2.24, 2.45) is 0 Å². The van der Waals surface area contributed by atoms with Crippen molar-refractivity contribution < 1.29 is 17.9 Å². The van der Waals surface area contributed by atoms with Gasteiger partial charge in [0, 0.05) is 19.3 Å². The number of ether oxygens (including phenoxy) is 1. The van der Waals surface area contributed by atoms with E-state index in [2.05, 4.69) is 11.1 Å². The lowest BCUT2D eigenvalue weighted by atomic mass is 9.91. The monoisotopic (exact) mass is 407 g/mol. The smallest absolute Gasteiger partial charge is 0.379 e. The molecule has 4 nitrogen and oxygen atoms in total. The van der Waals surface area contributed by atoms with Gasteiger partial charge in [0.2, 0.25) is 0 Å². The first-order chi connectivity index (χ1) is 13.4. The summed E-state index contributed by atoms with van der Waals surface area (Å²) in [5.41, 5.74) is -1.46. The summed E-state index contributed by atoms with van der Waals surface area (Å²) in [5, 5.41) is 9.90. The maximum absolute atomic E-state index is 13.0. The van der Waals surface area contributed by atoms with E-state index in [-0.39, 0.29) is 10.7 Å². The van der Waals surface area contributed by atoms with Crippen molar-refractivity contribution in [2.75, 3.05) is 26.3 Å². The highest BCUT2D eigenvalue weighted by atomic mass is 35.5. The first kappa shape index (κ1) is 20.3. The molecule has 0 bridgehead atoms. The Morgan fingerprint density at radius 1 is 1.18 bits per heavy atom. The number of hydrogen-bond acceptors (Lipinski definition) is 4. The zero-order valence-electron chi connectivity index (χ0n) is 14.8. The highest BCUT2D eigenvalue weighted by molar-refractivity contribution is 6.31. The Hall–Kier alpha value is -2.40. The second-order valence-corrected chi connectivity index (χ2v) is 6.68. The average Bonchev–Trinajstić information content (AvgIpc) is 2.70. The Kier molecular flexibility index (Phi) is 6.04. The molecular formula is C20H17ClF3N3O. The standard InChI is InChI=1S/C20H17ClF3N3O/c21-17-12-16(20(22,23)24)13-26-18(17)19(14-25,27-8-10-28-11-9-27)7-6-15-4-2-1-3-5-15/h1-7,12-13H,8-11H2/b7-6+/t19-/m1/s1. The first-order valence-electron chi connectivity index (χ1n) is 8.58. The lowest BCUT2D eigenvalue weighted by Crippen LogP contribution is -2.50. The summed E-state index contributed by atoms with van der Waals surface area (Å²) < 4.78 is 44.3. The molecule has 1 fully saturated rings. The Morgan fingerprint density at radius 2 is 1.86 bits per heavy atom. The van der Waals surface area contributed by atoms with E-state index in [1.807, 2.05) is 35.2 Å². The van der Waals surface area contributed by atoms with E-state index in [0.29, 0.717) is 32.5 Å². The summed E-state index contributed by atoms with van der Waals surface area (Å²) in [6.45, 7) is 1.65. The number of nitrogens with zero attached hydrogens (tertiary/aromatic N) is 3. The van der Waals surface area contributed by atoms with Gasteiger partial charge in [-0.05, 0) is 17.7 Å². The fourth-order valence-corrected chi connectivity index (χ4v) is 3.38. The van der Waals surface area contributed by atoms with Gasteiger partial charge in [-0.3, -0.25) is 9.88 Å². The van der Waals surface area contributed by atoms with Crippen LogP contribution in [0.25, 0.3) is 6.08 Å². The SMILES string of the molecule is N#C[C@](/C=C/c1ccccc1)(c1ncc(C(F)(F)F)cc1Cl)N1CCOCC1. The van der Waals surface area contributed by atoms with E-state index in [0.717, 1.165) is 11.6 Å². The molecule has 0 aliphatic carbocycles. The van der Waals surface area contributed by atoms with Gasteiger partial charge in [-0.1, -0.05) is 48.0 Å². The number of nitriles is 1. The third-order valence-corrected chi connectivity index (χ3v) is 4.81. The molecule has 1 atom stereocenters. The third-order valence-electron chi connectivity index (χ3n) is 4.53. The molecule has 0 saturated carbocycles. The molecule has 1 aliphatic rings. The summed E-state index contributed by atoms with van der Waals surface area (Å²) in [6.07, 6.45) is -0.475. The first-order valence-corrected chi connectivity index (χ1v) is 8.96. The number of aromatic nitrogens is 1. The molecule has 146 valence electrons. The summed E-state index contributed by atoms with van der Waals surface area (Å²) in [7, 11) is 0. The van der Waals surface area contributed by atoms with Crippen LogP contribution in [0, 0.1) is 11.3 Å². The number of rotatable bonds is 4. The minimum Gasteiger partial charge on any atom is -0.379 e. The van der Waals surface area contributed by atoms with Crippen LogP contribution in [0.15, 0.2) is 48.7 Å². The molecule has 2 aromatic rings. The van der Waals surface area contributed by atoms with Crippen molar-refractivity contribution in [3.05, 3.63) is 70.5 Å². The van der Waals surface area contributed by atoms with Crippen molar-refractivity contribution in [2.45, 2.75) is 11.7 Å². The second kappa shape index (κ2) is 8.31. The number of halogens is 4. The fraction of sp³-hybridized carbons (Fsp3) is 0.300. The van der Waals surface area contributed by atoms with Gasteiger partial charge in [-0.25, -0.2) is 0 Å². The van der Waals surface area contributed by atoms with Crippen molar-refractivity contribution in [1.29, 1.82) is 5.26 Å². The summed E-state index contributed by atoms with van der Waals surface area (Å²) in [6, 6.07) is 12.3. The molecule has 28 heavy (non-hydrogen) atoms. The second-order valence-electron chi connectivity index (χ2n) is 6.27. The summed E-state index contributed by atoms with van der Waals surface area (Å²) in [5.74, 6) is 0. The van der Waals surface area contributed by atoms with Gasteiger partial charge in [0.05, 0.1) is 35.6 Å². The molecule has 8 heteroatoms. The van der Waals surface area contributed by atoms with Crippen LogP contribution in [0.4, 0.5) is 13.2 Å². The van der Waals surface area contributed by atoms with Gasteiger partial charge in [0.25, 0.3) is 0 Å². The zero-order valence-corrected chi connectivity index (χ0v) is 15.5. The fourth-order valence-electron chi connectivity index (χ4n) is 3.07. The zero-order chi connectivity index (χ0) is 20.2. The Balaban J connectivity index is 2.10. The normalized spacial score (nSPS) is 18.0. The number of morpholine rings is 1. The maximum Gasteiger partial charge on any atom is 0.417 e. The van der Waals surface area contributed by atoms with Crippen LogP contribution in [-0.4, -0.2) is 36.2 Å². The topological polar surface area (TPSA) is 49.2 Å². The number of alkyl halides is 3. The predicted molar refractivity (Wildman–Crippen MR) is 99.4 cm³/mol. The van der Waals surface area contributed by atoms with E-state index >= 15 is 0 Å². The Labute approximate surface area is 165 Å². The predicted octanol–water partition coefficient (Wildman–Crippen LogP) is 4.52. The van der Waals surface area contributed by atoms with Crippen LogP contribution in [0.1, 0.15) is 16.8 Å². The minimum atomic E-state index is -4.57. The van der Waals surface area contributed by atoms with Crippen LogP contribution in [0.2, 0.25) is 5.02 Å². The van der Waals surface area contributed by atoms with Crippen LogP contribution in [-0.2, 0) is 16.5 Å². The summed E-state index contributed by atoms with van der Waals surface area (Å²) in [4.78, 5) is 5.78. The summed E-state index contributed by atoms with van der Waals surface area (Å²) >= 11 is 6.19. The van der Waals surface area contributed by atoms with Gasteiger partial charge in [-0.15, -0.1) is 0 Å². The molecule has 0 N–H and O–H groups in total. The lowest BCUT2D eigenvalue weighted by Gasteiger charge is -2.39. The minimum absolute atomic E-state index is 0.0683. The van der Waals surface area contributed by atoms with E-state index < -0.39 is 17.3 Å². The molecule has 1 aromatic heterocycles. The van der Waals surface area contributed by atoms with Crippen molar-refractivity contribution in [1.82, 2.24) is 9.88 Å². The molecule has 0 amide bonds. The Bertz CT molecular complexity index is 890. The van der Waals surface area contributed by atoms with E-state index in [9.17, 15) is 18.4 Å². The molecule has 0 radical (unpaired) electrons.